The third-order valence-corrected chi connectivity index (χ3v) is 3.67. The molecule has 1 aromatic carbocycles. The molecule has 0 saturated carbocycles. The van der Waals surface area contributed by atoms with Crippen molar-refractivity contribution in [2.24, 2.45) is 0 Å². The number of carbonyl (C=O) groups is 1. The van der Waals surface area contributed by atoms with E-state index in [2.05, 4.69) is 14.8 Å². The SMILES string of the molecule is CNS(=O)(=O)c1ccc(N)c(NCC(=O)OC)c1. The predicted molar refractivity (Wildman–Crippen MR) is 67.6 cm³/mol. The molecule has 0 heterocycles. The first-order valence-electron chi connectivity index (χ1n) is 5.04. The van der Waals surface area contributed by atoms with Crippen LogP contribution in [0, 0.1) is 0 Å². The molecule has 0 aromatic heterocycles. The van der Waals surface area contributed by atoms with E-state index in [1.54, 1.807) is 0 Å². The molecule has 0 unspecified atom stereocenters. The summed E-state index contributed by atoms with van der Waals surface area (Å²) in [4.78, 5) is 11.0. The van der Waals surface area contributed by atoms with Crippen LogP contribution in [0.1, 0.15) is 0 Å². The Kier molecular flexibility index (Phi) is 4.51. The van der Waals surface area contributed by atoms with Gasteiger partial charge in [0.15, 0.2) is 0 Å². The number of rotatable bonds is 5. The molecule has 0 bridgehead atoms. The van der Waals surface area contributed by atoms with Crippen molar-refractivity contribution in [3.05, 3.63) is 18.2 Å². The van der Waals surface area contributed by atoms with Gasteiger partial charge in [-0.05, 0) is 25.2 Å². The molecule has 0 fully saturated rings. The maximum atomic E-state index is 11.6. The minimum absolute atomic E-state index is 0.0616. The number of hydrogen-bond donors (Lipinski definition) is 3. The van der Waals surface area contributed by atoms with Crippen molar-refractivity contribution in [2.45, 2.75) is 4.90 Å². The Labute approximate surface area is 105 Å². The van der Waals surface area contributed by atoms with Crippen LogP contribution in [0.15, 0.2) is 23.1 Å². The minimum atomic E-state index is -3.54. The number of carbonyl (C=O) groups excluding carboxylic acids is 1. The van der Waals surface area contributed by atoms with E-state index in [9.17, 15) is 13.2 Å². The number of anilines is 2. The second kappa shape index (κ2) is 5.69. The highest BCUT2D eigenvalue weighted by Crippen LogP contribution is 2.22. The van der Waals surface area contributed by atoms with Crippen LogP contribution >= 0.6 is 0 Å². The first-order valence-corrected chi connectivity index (χ1v) is 6.53. The van der Waals surface area contributed by atoms with Gasteiger partial charge in [-0.3, -0.25) is 4.79 Å². The van der Waals surface area contributed by atoms with Gasteiger partial charge >= 0.3 is 5.97 Å². The molecule has 0 atom stereocenters. The molecule has 0 aliphatic rings. The van der Waals surface area contributed by atoms with Crippen LogP contribution in [0.2, 0.25) is 0 Å². The van der Waals surface area contributed by atoms with Crippen molar-refractivity contribution >= 4 is 27.4 Å². The van der Waals surface area contributed by atoms with Gasteiger partial charge in [-0.25, -0.2) is 13.1 Å². The van der Waals surface area contributed by atoms with Crippen molar-refractivity contribution < 1.29 is 17.9 Å². The molecule has 4 N–H and O–H groups in total. The van der Waals surface area contributed by atoms with Gasteiger partial charge in [-0.1, -0.05) is 0 Å². The van der Waals surface area contributed by atoms with Crippen LogP contribution in [0.25, 0.3) is 0 Å². The van der Waals surface area contributed by atoms with E-state index in [0.29, 0.717) is 11.4 Å². The predicted octanol–water partition coefficient (Wildman–Crippen LogP) is -0.238. The second-order valence-corrected chi connectivity index (χ2v) is 5.27. The second-order valence-electron chi connectivity index (χ2n) is 3.39. The molecule has 0 amide bonds. The van der Waals surface area contributed by atoms with Crippen molar-refractivity contribution in [2.75, 3.05) is 31.8 Å². The summed E-state index contributed by atoms with van der Waals surface area (Å²) in [6, 6.07) is 4.18. The van der Waals surface area contributed by atoms with Crippen LogP contribution in [0.3, 0.4) is 0 Å². The number of nitrogens with one attached hydrogen (secondary N) is 2. The van der Waals surface area contributed by atoms with Gasteiger partial charge < -0.3 is 15.8 Å². The molecule has 1 aromatic rings. The van der Waals surface area contributed by atoms with Crippen LogP contribution in [-0.4, -0.2) is 35.1 Å². The Morgan fingerprint density at radius 2 is 2.11 bits per heavy atom. The highest BCUT2D eigenvalue weighted by atomic mass is 32.2. The number of methoxy groups -OCH3 is 1. The van der Waals surface area contributed by atoms with Crippen LogP contribution < -0.4 is 15.8 Å². The largest absolute Gasteiger partial charge is 0.468 e. The number of nitrogens with two attached hydrogens (primary N) is 1. The summed E-state index contributed by atoms with van der Waals surface area (Å²) in [6.07, 6.45) is 0. The highest BCUT2D eigenvalue weighted by molar-refractivity contribution is 7.89. The summed E-state index contributed by atoms with van der Waals surface area (Å²) in [5.74, 6) is -0.476. The van der Waals surface area contributed by atoms with Gasteiger partial charge in [-0.2, -0.15) is 0 Å². The molecular formula is C10H15N3O4S. The molecule has 0 radical (unpaired) electrons. The minimum Gasteiger partial charge on any atom is -0.468 e. The van der Waals surface area contributed by atoms with E-state index in [0.717, 1.165) is 0 Å². The topological polar surface area (TPSA) is 111 Å². The van der Waals surface area contributed by atoms with E-state index >= 15 is 0 Å². The van der Waals surface area contributed by atoms with Crippen molar-refractivity contribution in [3.63, 3.8) is 0 Å². The quantitative estimate of drug-likeness (QED) is 0.504. The van der Waals surface area contributed by atoms with Gasteiger partial charge in [0, 0.05) is 0 Å². The Morgan fingerprint density at radius 3 is 2.67 bits per heavy atom. The number of esters is 1. The lowest BCUT2D eigenvalue weighted by atomic mass is 10.2. The van der Waals surface area contributed by atoms with Gasteiger partial charge in [0.2, 0.25) is 10.0 Å². The highest BCUT2D eigenvalue weighted by Gasteiger charge is 2.13. The summed E-state index contributed by atoms with van der Waals surface area (Å²) in [5.41, 5.74) is 6.37. The van der Waals surface area contributed by atoms with Crippen LogP contribution in [-0.2, 0) is 19.6 Å². The molecular weight excluding hydrogens is 258 g/mol. The number of ether oxygens (including phenoxy) is 1. The van der Waals surface area contributed by atoms with E-state index in [-0.39, 0.29) is 11.4 Å². The molecule has 0 aliphatic carbocycles. The summed E-state index contributed by atoms with van der Waals surface area (Å²) >= 11 is 0. The number of nitrogen functional groups attached to an aromatic ring is 1. The van der Waals surface area contributed by atoms with Crippen molar-refractivity contribution in [1.29, 1.82) is 0 Å². The Balaban J connectivity index is 2.99. The van der Waals surface area contributed by atoms with E-state index in [4.69, 9.17) is 5.73 Å². The van der Waals surface area contributed by atoms with Gasteiger partial charge in [0.05, 0.1) is 23.4 Å². The Morgan fingerprint density at radius 1 is 1.44 bits per heavy atom. The number of sulfonamides is 1. The number of hydrogen-bond acceptors (Lipinski definition) is 6. The zero-order valence-corrected chi connectivity index (χ0v) is 10.9. The monoisotopic (exact) mass is 273 g/mol. The summed E-state index contributed by atoms with van der Waals surface area (Å²) in [5, 5.41) is 2.71. The fourth-order valence-electron chi connectivity index (χ4n) is 1.21. The molecule has 1 rings (SSSR count). The Hall–Kier alpha value is -1.80. The van der Waals surface area contributed by atoms with Crippen LogP contribution in [0.5, 0.6) is 0 Å². The fraction of sp³-hybridized carbons (Fsp3) is 0.300. The molecule has 100 valence electrons. The average molecular weight is 273 g/mol. The lowest BCUT2D eigenvalue weighted by molar-refractivity contribution is -0.138. The smallest absolute Gasteiger partial charge is 0.325 e. The van der Waals surface area contributed by atoms with Crippen molar-refractivity contribution in [3.8, 4) is 0 Å². The summed E-state index contributed by atoms with van der Waals surface area (Å²) in [6.45, 7) is -0.0935. The maximum absolute atomic E-state index is 11.6. The standard InChI is InChI=1S/C10H15N3O4S/c1-12-18(15,16)7-3-4-8(11)9(5-7)13-6-10(14)17-2/h3-5,12-13H,6,11H2,1-2H3. The van der Waals surface area contributed by atoms with E-state index < -0.39 is 16.0 Å². The molecule has 18 heavy (non-hydrogen) atoms. The van der Waals surface area contributed by atoms with Gasteiger partial charge in [-0.15, -0.1) is 0 Å². The molecule has 0 spiro atoms. The number of benzene rings is 1. The third-order valence-electron chi connectivity index (χ3n) is 2.25. The normalized spacial score (nSPS) is 11.0. The zero-order chi connectivity index (χ0) is 13.8. The zero-order valence-electron chi connectivity index (χ0n) is 10.1. The van der Waals surface area contributed by atoms with Gasteiger partial charge in [0.1, 0.15) is 6.54 Å². The maximum Gasteiger partial charge on any atom is 0.325 e. The lowest BCUT2D eigenvalue weighted by Crippen LogP contribution is -2.20. The first kappa shape index (κ1) is 14.3. The molecule has 0 saturated heterocycles. The summed E-state index contributed by atoms with van der Waals surface area (Å²) < 4.78 is 29.8. The fourth-order valence-corrected chi connectivity index (χ4v) is 1.97. The van der Waals surface area contributed by atoms with E-state index in [1.165, 1.54) is 32.4 Å². The van der Waals surface area contributed by atoms with Crippen LogP contribution in [0.4, 0.5) is 11.4 Å². The summed E-state index contributed by atoms with van der Waals surface area (Å²) in [7, 11) is -0.971. The lowest BCUT2D eigenvalue weighted by Gasteiger charge is -2.10. The Bertz CT molecular complexity index is 542. The molecule has 0 aliphatic heterocycles. The average Bonchev–Trinajstić information content (AvgIpc) is 2.37. The van der Waals surface area contributed by atoms with Crippen molar-refractivity contribution in [1.82, 2.24) is 4.72 Å². The molecule has 8 heteroatoms. The molecule has 7 nitrogen and oxygen atoms in total. The first-order chi connectivity index (χ1) is 8.40. The third kappa shape index (κ3) is 3.34. The van der Waals surface area contributed by atoms with Gasteiger partial charge in [0.25, 0.3) is 0 Å². The van der Waals surface area contributed by atoms with E-state index in [1.807, 2.05) is 0 Å².